The number of hydrogen-bond donors (Lipinski definition) is 3. The van der Waals surface area contributed by atoms with Gasteiger partial charge in [-0.15, -0.1) is 0 Å². The molecular formula is C19H26N4O3S. The zero-order chi connectivity index (χ0) is 19.7. The number of carbonyl (C=O) groups is 1. The number of urea groups is 1. The van der Waals surface area contributed by atoms with Crippen molar-refractivity contribution in [2.45, 2.75) is 6.54 Å². The lowest BCUT2D eigenvalue weighted by atomic mass is 10.3. The highest BCUT2D eigenvalue weighted by Crippen LogP contribution is 2.18. The maximum absolute atomic E-state index is 12.2. The van der Waals surface area contributed by atoms with Crippen molar-refractivity contribution in [3.63, 3.8) is 0 Å². The Labute approximate surface area is 163 Å². The Morgan fingerprint density at radius 3 is 2.30 bits per heavy atom. The molecule has 3 N–H and O–H groups in total. The molecule has 0 aliphatic carbocycles. The third-order valence-electron chi connectivity index (χ3n) is 3.39. The maximum Gasteiger partial charge on any atom is 0.319 e. The monoisotopic (exact) mass is 390 g/mol. The lowest BCUT2D eigenvalue weighted by Crippen LogP contribution is -2.28. The molecule has 0 spiro atoms. The Kier molecular flexibility index (Phi) is 6.90. The number of anilines is 2. The summed E-state index contributed by atoms with van der Waals surface area (Å²) in [4.78, 5) is 15.8. The van der Waals surface area contributed by atoms with Gasteiger partial charge in [0.2, 0.25) is 0 Å². The van der Waals surface area contributed by atoms with Gasteiger partial charge in [0.1, 0.15) is 0 Å². The molecule has 2 aromatic rings. The predicted molar refractivity (Wildman–Crippen MR) is 114 cm³/mol. The molecule has 2 rings (SSSR count). The van der Waals surface area contributed by atoms with Crippen LogP contribution in [0, 0.1) is 0 Å². The van der Waals surface area contributed by atoms with E-state index in [1.54, 1.807) is 48.8 Å². The van der Waals surface area contributed by atoms with Crippen LogP contribution in [-0.2, 0) is 16.6 Å². The minimum atomic E-state index is -3.75. The highest BCUT2D eigenvalue weighted by atomic mass is 32.2. The number of pyridine rings is 1. The Morgan fingerprint density at radius 2 is 1.70 bits per heavy atom. The highest BCUT2D eigenvalue weighted by Gasteiger charge is 2.14. The fourth-order valence-electron chi connectivity index (χ4n) is 2.08. The van der Waals surface area contributed by atoms with E-state index in [0.717, 1.165) is 5.56 Å². The molecular weight excluding hydrogens is 364 g/mol. The molecule has 0 aliphatic rings. The van der Waals surface area contributed by atoms with Crippen molar-refractivity contribution in [1.29, 1.82) is 0 Å². The highest BCUT2D eigenvalue weighted by molar-refractivity contribution is 7.96. The van der Waals surface area contributed by atoms with Crippen LogP contribution in [0.5, 0.6) is 0 Å². The van der Waals surface area contributed by atoms with Gasteiger partial charge < -0.3 is 10.6 Å². The molecule has 0 unspecified atom stereocenters. The normalized spacial score (nSPS) is 11.3. The van der Waals surface area contributed by atoms with E-state index in [-0.39, 0.29) is 15.2 Å². The minimum absolute atomic E-state index is 0. The maximum atomic E-state index is 12.2. The number of benzene rings is 1. The van der Waals surface area contributed by atoms with Crippen LogP contribution in [-0.4, -0.2) is 19.4 Å². The summed E-state index contributed by atoms with van der Waals surface area (Å²) in [5.74, 6) is 0. The summed E-state index contributed by atoms with van der Waals surface area (Å²) in [5, 5.41) is 5.39. The molecule has 2 amide bonds. The van der Waals surface area contributed by atoms with Gasteiger partial charge in [0.05, 0.1) is 4.91 Å². The quantitative estimate of drug-likeness (QED) is 0.590. The Morgan fingerprint density at radius 1 is 1.07 bits per heavy atom. The molecule has 8 heteroatoms. The van der Waals surface area contributed by atoms with E-state index in [1.165, 1.54) is 18.2 Å². The average Bonchev–Trinajstić information content (AvgIpc) is 2.66. The second-order valence-corrected chi connectivity index (χ2v) is 7.04. The van der Waals surface area contributed by atoms with Crippen LogP contribution in [0.2, 0.25) is 0 Å². The lowest BCUT2D eigenvalue weighted by molar-refractivity contribution is 0.251. The number of rotatable bonds is 8. The molecule has 0 aliphatic heterocycles. The number of amides is 2. The summed E-state index contributed by atoms with van der Waals surface area (Å²) in [6, 6.07) is 9.51. The number of aromatic nitrogens is 1. The third-order valence-corrected chi connectivity index (χ3v) is 4.82. The summed E-state index contributed by atoms with van der Waals surface area (Å²) in [7, 11) is -3.75. The SMILES string of the molecule is C=C/C=C(\C=C)S(=O)(=O)Nc1ccc(NC(=O)NCc2ccncc2)cc1.[HH].[HH].[HH]. The second-order valence-electron chi connectivity index (χ2n) is 5.35. The van der Waals surface area contributed by atoms with Gasteiger partial charge in [-0.1, -0.05) is 19.2 Å². The van der Waals surface area contributed by atoms with Gasteiger partial charge in [-0.2, -0.15) is 0 Å². The molecule has 0 atom stereocenters. The van der Waals surface area contributed by atoms with E-state index < -0.39 is 10.0 Å². The topological polar surface area (TPSA) is 100 Å². The summed E-state index contributed by atoms with van der Waals surface area (Å²) in [6.07, 6.45) is 7.24. The summed E-state index contributed by atoms with van der Waals surface area (Å²) in [6.45, 7) is 7.32. The first-order valence-corrected chi connectivity index (χ1v) is 9.44. The van der Waals surface area contributed by atoms with Crippen LogP contribution >= 0.6 is 0 Å². The number of nitrogens with one attached hydrogen (secondary N) is 3. The van der Waals surface area contributed by atoms with E-state index in [0.29, 0.717) is 17.9 Å². The van der Waals surface area contributed by atoms with Crippen molar-refractivity contribution < 1.29 is 17.5 Å². The van der Waals surface area contributed by atoms with E-state index in [9.17, 15) is 13.2 Å². The van der Waals surface area contributed by atoms with Crippen LogP contribution in [0.3, 0.4) is 0 Å². The van der Waals surface area contributed by atoms with Gasteiger partial charge in [-0.3, -0.25) is 9.71 Å². The summed E-state index contributed by atoms with van der Waals surface area (Å²) < 4.78 is 26.9. The predicted octanol–water partition coefficient (Wildman–Crippen LogP) is 4.14. The van der Waals surface area contributed by atoms with Gasteiger partial charge >= 0.3 is 6.03 Å². The first kappa shape index (κ1) is 19.9. The smallest absolute Gasteiger partial charge is 0.319 e. The Hall–Kier alpha value is -3.39. The second kappa shape index (κ2) is 9.35. The molecule has 1 heterocycles. The molecule has 1 aromatic heterocycles. The zero-order valence-electron chi connectivity index (χ0n) is 14.6. The van der Waals surface area contributed by atoms with Gasteiger partial charge in [0.15, 0.2) is 0 Å². The van der Waals surface area contributed by atoms with Crippen molar-refractivity contribution in [3.05, 3.63) is 90.6 Å². The van der Waals surface area contributed by atoms with Crippen LogP contribution < -0.4 is 15.4 Å². The molecule has 0 saturated heterocycles. The molecule has 0 bridgehead atoms. The number of hydrogen-bond acceptors (Lipinski definition) is 4. The van der Waals surface area contributed by atoms with Crippen molar-refractivity contribution in [2.75, 3.05) is 10.0 Å². The Bertz CT molecular complexity index is 951. The average molecular weight is 391 g/mol. The van der Waals surface area contributed by atoms with Gasteiger partial charge in [0, 0.05) is 34.6 Å². The van der Waals surface area contributed by atoms with Crippen molar-refractivity contribution in [2.24, 2.45) is 0 Å². The molecule has 27 heavy (non-hydrogen) atoms. The summed E-state index contributed by atoms with van der Waals surface area (Å²) >= 11 is 0. The van der Waals surface area contributed by atoms with E-state index in [2.05, 4.69) is 33.5 Å². The molecule has 0 fully saturated rings. The van der Waals surface area contributed by atoms with Crippen LogP contribution in [0.25, 0.3) is 0 Å². The molecule has 0 radical (unpaired) electrons. The van der Waals surface area contributed by atoms with Crippen molar-refractivity contribution in [3.8, 4) is 0 Å². The van der Waals surface area contributed by atoms with E-state index in [4.69, 9.17) is 0 Å². The zero-order valence-corrected chi connectivity index (χ0v) is 15.4. The van der Waals surface area contributed by atoms with E-state index >= 15 is 0 Å². The standard InChI is InChI=1S/C19H20N4O3S.3H2/c1-3-5-18(4-2)27(25,26)23-17-8-6-16(7-9-17)22-19(24)21-14-15-10-12-20-13-11-15;;;/h3-13,23H,1-2,14H2,(H2,21,22,24);3*1H/b18-5+;;;. The van der Waals surface area contributed by atoms with Gasteiger partial charge in [-0.05, 0) is 54.1 Å². The minimum Gasteiger partial charge on any atom is -0.334 e. The van der Waals surface area contributed by atoms with Gasteiger partial charge in [-0.25, -0.2) is 13.2 Å². The van der Waals surface area contributed by atoms with Crippen LogP contribution in [0.1, 0.15) is 9.84 Å². The largest absolute Gasteiger partial charge is 0.334 e. The molecule has 1 aromatic carbocycles. The van der Waals surface area contributed by atoms with Crippen molar-refractivity contribution >= 4 is 27.4 Å². The fraction of sp³-hybridized carbons (Fsp3) is 0.0526. The van der Waals surface area contributed by atoms with Crippen LogP contribution in [0.15, 0.2) is 85.1 Å². The molecule has 7 nitrogen and oxygen atoms in total. The number of carbonyl (C=O) groups excluding carboxylic acids is 1. The van der Waals surface area contributed by atoms with Crippen LogP contribution in [0.4, 0.5) is 16.2 Å². The first-order valence-electron chi connectivity index (χ1n) is 7.96. The number of sulfonamides is 1. The fourth-order valence-corrected chi connectivity index (χ4v) is 3.14. The summed E-state index contributed by atoms with van der Waals surface area (Å²) in [5.41, 5.74) is 1.81. The molecule has 146 valence electrons. The Balaban J connectivity index is 0. The van der Waals surface area contributed by atoms with Gasteiger partial charge in [0.25, 0.3) is 10.0 Å². The lowest BCUT2D eigenvalue weighted by Gasteiger charge is -2.10. The van der Waals surface area contributed by atoms with Crippen molar-refractivity contribution in [1.82, 2.24) is 10.3 Å². The number of allylic oxidation sites excluding steroid dienone is 3. The first-order chi connectivity index (χ1) is 12.9. The third kappa shape index (κ3) is 6.12. The van der Waals surface area contributed by atoms with E-state index in [1.807, 2.05) is 0 Å². The number of nitrogens with zero attached hydrogens (tertiary/aromatic N) is 1. The molecule has 0 saturated carbocycles.